The van der Waals surface area contributed by atoms with Crippen molar-refractivity contribution < 1.29 is 0 Å². The average molecular weight is 354 g/mol. The number of anilines is 1. The number of halogens is 1. The van der Waals surface area contributed by atoms with Crippen LogP contribution in [0.5, 0.6) is 0 Å². The number of benzene rings is 1. The van der Waals surface area contributed by atoms with Crippen LogP contribution in [-0.4, -0.2) is 11.3 Å². The van der Waals surface area contributed by atoms with Gasteiger partial charge in [-0.15, -0.1) is 11.3 Å². The van der Waals surface area contributed by atoms with Gasteiger partial charge in [0.25, 0.3) is 0 Å². The Kier molecular flexibility index (Phi) is 5.07. The van der Waals surface area contributed by atoms with Gasteiger partial charge in [-0.3, -0.25) is 5.43 Å². The molecular weight excluding hydrogens is 342 g/mol. The zero-order chi connectivity index (χ0) is 13.7. The molecule has 0 aliphatic heterocycles. The number of thiocarbonyl (C=S) groups is 1. The minimum absolute atomic E-state index is 0.468. The molecule has 0 radical (unpaired) electrons. The van der Waals surface area contributed by atoms with Crippen molar-refractivity contribution >= 4 is 56.5 Å². The molecule has 0 saturated carbocycles. The molecule has 6 heteroatoms. The van der Waals surface area contributed by atoms with Crippen molar-refractivity contribution in [3.8, 4) is 0 Å². The number of nitrogens with one attached hydrogen (secondary N) is 2. The quantitative estimate of drug-likeness (QED) is 0.494. The molecule has 0 fully saturated rings. The topological polar surface area (TPSA) is 36.4 Å². The molecular formula is C13H12BrN3S2. The highest BCUT2D eigenvalue weighted by molar-refractivity contribution is 9.11. The zero-order valence-electron chi connectivity index (χ0n) is 10.2. The summed E-state index contributed by atoms with van der Waals surface area (Å²) in [5.74, 6) is 0. The minimum Gasteiger partial charge on any atom is -0.331 e. The summed E-state index contributed by atoms with van der Waals surface area (Å²) >= 11 is 10.2. The lowest BCUT2D eigenvalue weighted by molar-refractivity contribution is 1.05. The Morgan fingerprint density at radius 3 is 2.63 bits per heavy atom. The zero-order valence-corrected chi connectivity index (χ0v) is 13.4. The van der Waals surface area contributed by atoms with Crippen molar-refractivity contribution in [1.29, 1.82) is 0 Å². The molecule has 98 valence electrons. The fraction of sp³-hybridized carbons (Fsp3) is 0.0769. The van der Waals surface area contributed by atoms with E-state index in [4.69, 9.17) is 12.2 Å². The first-order valence-corrected chi connectivity index (χ1v) is 7.57. The van der Waals surface area contributed by atoms with Crippen molar-refractivity contribution in [2.45, 2.75) is 6.92 Å². The largest absolute Gasteiger partial charge is 0.331 e. The van der Waals surface area contributed by atoms with Gasteiger partial charge in [-0.25, -0.2) is 0 Å². The van der Waals surface area contributed by atoms with E-state index < -0.39 is 0 Å². The molecule has 2 rings (SSSR count). The monoisotopic (exact) mass is 353 g/mol. The third kappa shape index (κ3) is 4.74. The first kappa shape index (κ1) is 14.2. The summed E-state index contributed by atoms with van der Waals surface area (Å²) in [6, 6.07) is 12.0. The fourth-order valence-corrected chi connectivity index (χ4v) is 2.81. The third-order valence-electron chi connectivity index (χ3n) is 2.26. The highest BCUT2D eigenvalue weighted by Crippen LogP contribution is 2.20. The van der Waals surface area contributed by atoms with Gasteiger partial charge < -0.3 is 5.32 Å². The molecule has 19 heavy (non-hydrogen) atoms. The number of hydrogen-bond acceptors (Lipinski definition) is 3. The van der Waals surface area contributed by atoms with Crippen molar-refractivity contribution in [3.05, 3.63) is 50.6 Å². The van der Waals surface area contributed by atoms with Crippen LogP contribution < -0.4 is 10.7 Å². The maximum atomic E-state index is 5.15. The summed E-state index contributed by atoms with van der Waals surface area (Å²) in [6.45, 7) is 2.05. The molecule has 3 nitrogen and oxygen atoms in total. The smallest absolute Gasteiger partial charge is 0.191 e. The van der Waals surface area contributed by atoms with Crippen LogP contribution in [-0.2, 0) is 0 Å². The van der Waals surface area contributed by atoms with E-state index in [0.29, 0.717) is 5.11 Å². The van der Waals surface area contributed by atoms with E-state index in [1.807, 2.05) is 43.3 Å². The summed E-state index contributed by atoms with van der Waals surface area (Å²) < 4.78 is 1.08. The molecule has 1 aromatic carbocycles. The van der Waals surface area contributed by atoms with Crippen LogP contribution in [0.4, 0.5) is 5.69 Å². The summed E-state index contributed by atoms with van der Waals surface area (Å²) in [6.07, 6.45) is 1.73. The van der Waals surface area contributed by atoms with Gasteiger partial charge in [-0.1, -0.05) is 17.7 Å². The van der Waals surface area contributed by atoms with Crippen LogP contribution >= 0.6 is 39.5 Å². The Morgan fingerprint density at radius 1 is 1.26 bits per heavy atom. The van der Waals surface area contributed by atoms with E-state index in [-0.39, 0.29) is 0 Å². The maximum absolute atomic E-state index is 5.15. The second-order valence-electron chi connectivity index (χ2n) is 3.83. The fourth-order valence-electron chi connectivity index (χ4n) is 1.35. The molecule has 2 aromatic rings. The van der Waals surface area contributed by atoms with E-state index in [9.17, 15) is 0 Å². The first-order valence-electron chi connectivity index (χ1n) is 5.55. The molecule has 0 atom stereocenters. The third-order valence-corrected chi connectivity index (χ3v) is 4.01. The lowest BCUT2D eigenvalue weighted by atomic mass is 10.2. The highest BCUT2D eigenvalue weighted by Gasteiger charge is 1.96. The molecule has 0 saturated heterocycles. The van der Waals surface area contributed by atoms with Gasteiger partial charge >= 0.3 is 0 Å². The summed E-state index contributed by atoms with van der Waals surface area (Å²) in [5, 5.41) is 7.61. The predicted octanol–water partition coefficient (Wildman–Crippen LogP) is 4.14. The molecule has 0 amide bonds. The van der Waals surface area contributed by atoms with E-state index in [0.717, 1.165) is 14.4 Å². The van der Waals surface area contributed by atoms with E-state index in [2.05, 4.69) is 31.8 Å². The van der Waals surface area contributed by atoms with Crippen LogP contribution in [0.15, 0.2) is 45.3 Å². The Hall–Kier alpha value is -1.24. The minimum atomic E-state index is 0.468. The van der Waals surface area contributed by atoms with Gasteiger partial charge in [0.05, 0.1) is 10.0 Å². The lowest BCUT2D eigenvalue weighted by Crippen LogP contribution is -2.23. The lowest BCUT2D eigenvalue weighted by Gasteiger charge is -2.06. The van der Waals surface area contributed by atoms with Crippen molar-refractivity contribution in [3.63, 3.8) is 0 Å². The van der Waals surface area contributed by atoms with E-state index in [1.54, 1.807) is 17.6 Å². The number of nitrogens with zero attached hydrogens (tertiary/aromatic N) is 1. The normalized spacial score (nSPS) is 10.6. The van der Waals surface area contributed by atoms with Crippen LogP contribution in [0.25, 0.3) is 0 Å². The number of aryl methyl sites for hydroxylation is 1. The van der Waals surface area contributed by atoms with Gasteiger partial charge in [0.1, 0.15) is 0 Å². The van der Waals surface area contributed by atoms with Gasteiger partial charge in [0.15, 0.2) is 5.11 Å². The predicted molar refractivity (Wildman–Crippen MR) is 90.1 cm³/mol. The van der Waals surface area contributed by atoms with Gasteiger partial charge in [-0.05, 0) is 59.3 Å². The maximum Gasteiger partial charge on any atom is 0.191 e. The summed E-state index contributed by atoms with van der Waals surface area (Å²) in [5.41, 5.74) is 4.94. The standard InChI is InChI=1S/C13H12BrN3S2/c1-9-2-4-10(5-3-9)16-13(18)17-15-8-11-6-7-12(14)19-11/h2-8H,1H3,(H2,16,17,18)/b15-8+. The second kappa shape index (κ2) is 6.79. The molecule has 2 N–H and O–H groups in total. The Morgan fingerprint density at radius 2 is 2.00 bits per heavy atom. The number of hydrazone groups is 1. The highest BCUT2D eigenvalue weighted by atomic mass is 79.9. The Balaban J connectivity index is 1.84. The molecule has 0 aliphatic carbocycles. The molecule has 1 aromatic heterocycles. The van der Waals surface area contributed by atoms with Crippen LogP contribution in [0.2, 0.25) is 0 Å². The summed E-state index contributed by atoms with van der Waals surface area (Å²) in [4.78, 5) is 1.05. The van der Waals surface area contributed by atoms with Crippen LogP contribution in [0.3, 0.4) is 0 Å². The number of hydrogen-bond donors (Lipinski definition) is 2. The van der Waals surface area contributed by atoms with Crippen molar-refractivity contribution in [2.24, 2.45) is 5.10 Å². The Bertz CT molecular complexity index is 590. The van der Waals surface area contributed by atoms with E-state index >= 15 is 0 Å². The van der Waals surface area contributed by atoms with Gasteiger partial charge in [-0.2, -0.15) is 5.10 Å². The molecule has 1 heterocycles. The number of thiophene rings is 1. The Labute approximate surface area is 129 Å². The molecule has 0 aliphatic rings. The molecule has 0 spiro atoms. The summed E-state index contributed by atoms with van der Waals surface area (Å²) in [7, 11) is 0. The van der Waals surface area contributed by atoms with Crippen molar-refractivity contribution in [2.75, 3.05) is 5.32 Å². The van der Waals surface area contributed by atoms with Crippen LogP contribution in [0.1, 0.15) is 10.4 Å². The molecule has 0 bridgehead atoms. The van der Waals surface area contributed by atoms with Crippen molar-refractivity contribution in [1.82, 2.24) is 5.43 Å². The number of rotatable bonds is 3. The van der Waals surface area contributed by atoms with E-state index in [1.165, 1.54) is 5.56 Å². The SMILES string of the molecule is Cc1ccc(NC(=S)N/N=C/c2ccc(Br)s2)cc1. The molecule has 0 unspecified atom stereocenters. The van der Waals surface area contributed by atoms with Crippen LogP contribution in [0, 0.1) is 6.92 Å². The van der Waals surface area contributed by atoms with Gasteiger partial charge in [0.2, 0.25) is 0 Å². The second-order valence-corrected chi connectivity index (χ2v) is 6.73. The first-order chi connectivity index (χ1) is 9.13. The van der Waals surface area contributed by atoms with Gasteiger partial charge in [0, 0.05) is 10.6 Å². The average Bonchev–Trinajstić information content (AvgIpc) is 2.78.